The summed E-state index contributed by atoms with van der Waals surface area (Å²) in [6, 6.07) is 9.64. The molecule has 0 saturated carbocycles. The van der Waals surface area contributed by atoms with Gasteiger partial charge in [0.25, 0.3) is 0 Å². The van der Waals surface area contributed by atoms with Gasteiger partial charge in [-0.1, -0.05) is 44.2 Å². The second-order valence-corrected chi connectivity index (χ2v) is 4.23. The van der Waals surface area contributed by atoms with Crippen LogP contribution in [0.5, 0.6) is 0 Å². The molecule has 0 saturated heterocycles. The molecule has 1 rings (SSSR count). The molecule has 1 aromatic carbocycles. The number of rotatable bonds is 5. The van der Waals surface area contributed by atoms with Crippen molar-refractivity contribution >= 4 is 5.91 Å². The highest BCUT2D eigenvalue weighted by Crippen LogP contribution is 2.03. The number of benzene rings is 1. The predicted molar refractivity (Wildman–Crippen MR) is 64.0 cm³/mol. The number of hydrogen-bond donors (Lipinski definition) is 2. The van der Waals surface area contributed by atoms with Crippen LogP contribution in [-0.2, 0) is 11.2 Å². The Balaban J connectivity index is 2.53. The second kappa shape index (κ2) is 6.28. The largest absolute Gasteiger partial charge is 0.394 e. The fourth-order valence-corrected chi connectivity index (χ4v) is 1.43. The predicted octanol–water partition coefficient (Wildman–Crippen LogP) is 1.36. The molecule has 3 nitrogen and oxygen atoms in total. The van der Waals surface area contributed by atoms with E-state index in [-0.39, 0.29) is 24.5 Å². The summed E-state index contributed by atoms with van der Waals surface area (Å²) in [6.07, 6.45) is 0.662. The molecular formula is C13H19NO2. The summed E-state index contributed by atoms with van der Waals surface area (Å²) < 4.78 is 0. The lowest BCUT2D eigenvalue weighted by Gasteiger charge is -2.17. The Morgan fingerprint density at radius 2 is 1.94 bits per heavy atom. The third-order valence-electron chi connectivity index (χ3n) is 2.42. The van der Waals surface area contributed by atoms with Crippen LogP contribution in [0, 0.1) is 5.92 Å². The van der Waals surface area contributed by atoms with Gasteiger partial charge in [0.15, 0.2) is 0 Å². The van der Waals surface area contributed by atoms with E-state index < -0.39 is 0 Å². The van der Waals surface area contributed by atoms with Gasteiger partial charge in [0.2, 0.25) is 5.91 Å². The summed E-state index contributed by atoms with van der Waals surface area (Å²) in [6.45, 7) is 3.64. The van der Waals surface area contributed by atoms with Gasteiger partial charge >= 0.3 is 0 Å². The molecule has 3 heteroatoms. The van der Waals surface area contributed by atoms with E-state index in [2.05, 4.69) is 5.32 Å². The molecule has 88 valence electrons. The maximum atomic E-state index is 11.5. The molecule has 1 aromatic rings. The van der Waals surface area contributed by atoms with Crippen LogP contribution >= 0.6 is 0 Å². The number of nitrogens with one attached hydrogen (secondary N) is 1. The summed E-state index contributed by atoms with van der Waals surface area (Å²) in [5.41, 5.74) is 1.12. The molecule has 16 heavy (non-hydrogen) atoms. The molecule has 0 unspecified atom stereocenters. The van der Waals surface area contributed by atoms with Gasteiger partial charge in [-0.05, 0) is 12.0 Å². The van der Waals surface area contributed by atoms with Crippen molar-refractivity contribution in [2.45, 2.75) is 26.3 Å². The van der Waals surface area contributed by atoms with Crippen LogP contribution < -0.4 is 5.32 Å². The Hall–Kier alpha value is -1.35. The Labute approximate surface area is 96.5 Å². The lowest BCUT2D eigenvalue weighted by atomic mass is 10.1. The maximum absolute atomic E-state index is 11.5. The first-order valence-corrected chi connectivity index (χ1v) is 5.58. The molecule has 0 aliphatic carbocycles. The number of carbonyl (C=O) groups excluding carboxylic acids is 1. The van der Waals surface area contributed by atoms with Crippen molar-refractivity contribution in [3.63, 3.8) is 0 Å². The lowest BCUT2D eigenvalue weighted by molar-refractivity contribution is -0.125. The van der Waals surface area contributed by atoms with Crippen molar-refractivity contribution in [3.8, 4) is 0 Å². The monoisotopic (exact) mass is 221 g/mol. The first-order valence-electron chi connectivity index (χ1n) is 5.58. The van der Waals surface area contributed by atoms with Gasteiger partial charge in [-0.25, -0.2) is 0 Å². The van der Waals surface area contributed by atoms with E-state index in [1.807, 2.05) is 44.2 Å². The van der Waals surface area contributed by atoms with Crippen LogP contribution in [0.15, 0.2) is 30.3 Å². The van der Waals surface area contributed by atoms with Crippen molar-refractivity contribution in [2.75, 3.05) is 6.61 Å². The third-order valence-corrected chi connectivity index (χ3v) is 2.42. The molecule has 2 N–H and O–H groups in total. The molecule has 1 amide bonds. The fraction of sp³-hybridized carbons (Fsp3) is 0.462. The number of hydrogen-bond acceptors (Lipinski definition) is 2. The Morgan fingerprint density at radius 3 is 2.44 bits per heavy atom. The van der Waals surface area contributed by atoms with E-state index in [9.17, 15) is 9.90 Å². The van der Waals surface area contributed by atoms with Gasteiger partial charge < -0.3 is 10.4 Å². The van der Waals surface area contributed by atoms with Crippen LogP contribution in [0.3, 0.4) is 0 Å². The summed E-state index contributed by atoms with van der Waals surface area (Å²) in [7, 11) is 0. The Kier molecular flexibility index (Phi) is 4.99. The molecule has 0 bridgehead atoms. The van der Waals surface area contributed by atoms with Crippen LogP contribution in [0.25, 0.3) is 0 Å². The minimum Gasteiger partial charge on any atom is -0.394 e. The molecule has 1 atom stereocenters. The van der Waals surface area contributed by atoms with Crippen LogP contribution in [0.2, 0.25) is 0 Å². The van der Waals surface area contributed by atoms with Gasteiger partial charge in [-0.2, -0.15) is 0 Å². The quantitative estimate of drug-likeness (QED) is 0.788. The number of amides is 1. The van der Waals surface area contributed by atoms with Gasteiger partial charge in [0.05, 0.1) is 12.6 Å². The molecule has 0 aromatic heterocycles. The SMILES string of the molecule is CC(C)C(=O)N[C@H](CO)Cc1ccccc1. The van der Waals surface area contributed by atoms with E-state index >= 15 is 0 Å². The molecule has 0 aliphatic heterocycles. The van der Waals surface area contributed by atoms with Crippen molar-refractivity contribution < 1.29 is 9.90 Å². The van der Waals surface area contributed by atoms with Crippen molar-refractivity contribution in [1.29, 1.82) is 0 Å². The van der Waals surface area contributed by atoms with Crippen molar-refractivity contribution in [3.05, 3.63) is 35.9 Å². The fourth-order valence-electron chi connectivity index (χ4n) is 1.43. The van der Waals surface area contributed by atoms with Crippen LogP contribution in [0.4, 0.5) is 0 Å². The van der Waals surface area contributed by atoms with Gasteiger partial charge in [-0.3, -0.25) is 4.79 Å². The Bertz CT molecular complexity index is 322. The zero-order valence-corrected chi connectivity index (χ0v) is 9.81. The lowest BCUT2D eigenvalue weighted by Crippen LogP contribution is -2.41. The highest BCUT2D eigenvalue weighted by molar-refractivity contribution is 5.78. The summed E-state index contributed by atoms with van der Waals surface area (Å²) >= 11 is 0. The van der Waals surface area contributed by atoms with E-state index in [1.54, 1.807) is 0 Å². The summed E-state index contributed by atoms with van der Waals surface area (Å²) in [5.74, 6) is -0.0696. The number of carbonyl (C=O) groups is 1. The first-order chi connectivity index (χ1) is 7.63. The highest BCUT2D eigenvalue weighted by atomic mass is 16.3. The normalized spacial score (nSPS) is 12.5. The van der Waals surface area contributed by atoms with E-state index in [0.29, 0.717) is 6.42 Å². The molecule has 0 fully saturated rings. The van der Waals surface area contributed by atoms with E-state index in [4.69, 9.17) is 0 Å². The van der Waals surface area contributed by atoms with E-state index in [1.165, 1.54) is 0 Å². The second-order valence-electron chi connectivity index (χ2n) is 4.23. The minimum atomic E-state index is -0.197. The zero-order valence-electron chi connectivity index (χ0n) is 9.81. The number of aliphatic hydroxyl groups excluding tert-OH is 1. The molecule has 0 heterocycles. The van der Waals surface area contributed by atoms with Crippen LogP contribution in [-0.4, -0.2) is 23.7 Å². The summed E-state index contributed by atoms with van der Waals surface area (Å²) in [4.78, 5) is 11.5. The maximum Gasteiger partial charge on any atom is 0.222 e. The smallest absolute Gasteiger partial charge is 0.222 e. The Morgan fingerprint density at radius 1 is 1.31 bits per heavy atom. The minimum absolute atomic E-state index is 0.0185. The van der Waals surface area contributed by atoms with Crippen LogP contribution in [0.1, 0.15) is 19.4 Å². The molecule has 0 aliphatic rings. The first kappa shape index (κ1) is 12.7. The number of aliphatic hydroxyl groups is 1. The zero-order chi connectivity index (χ0) is 12.0. The summed E-state index contributed by atoms with van der Waals surface area (Å²) in [5, 5.41) is 12.0. The van der Waals surface area contributed by atoms with Crippen molar-refractivity contribution in [2.24, 2.45) is 5.92 Å². The highest BCUT2D eigenvalue weighted by Gasteiger charge is 2.14. The molecule has 0 spiro atoms. The average molecular weight is 221 g/mol. The van der Waals surface area contributed by atoms with Gasteiger partial charge in [0.1, 0.15) is 0 Å². The van der Waals surface area contributed by atoms with Crippen molar-refractivity contribution in [1.82, 2.24) is 5.32 Å². The molecule has 0 radical (unpaired) electrons. The van der Waals surface area contributed by atoms with Gasteiger partial charge in [0, 0.05) is 5.92 Å². The molecular weight excluding hydrogens is 202 g/mol. The standard InChI is InChI=1S/C13H19NO2/c1-10(2)13(16)14-12(9-15)8-11-6-4-3-5-7-11/h3-7,10,12,15H,8-9H2,1-2H3,(H,14,16)/t12-/m0/s1. The van der Waals surface area contributed by atoms with Gasteiger partial charge in [-0.15, -0.1) is 0 Å². The third kappa shape index (κ3) is 4.03. The van der Waals surface area contributed by atoms with E-state index in [0.717, 1.165) is 5.56 Å². The topological polar surface area (TPSA) is 49.3 Å². The average Bonchev–Trinajstić information content (AvgIpc) is 2.29.